The van der Waals surface area contributed by atoms with Crippen LogP contribution < -0.4 is 5.32 Å². The highest BCUT2D eigenvalue weighted by Gasteiger charge is 2.21. The Kier molecular flexibility index (Phi) is 6.77. The molecule has 1 aromatic rings. The van der Waals surface area contributed by atoms with Gasteiger partial charge in [-0.3, -0.25) is 0 Å². The number of hydrogen-bond donors (Lipinski definition) is 1. The van der Waals surface area contributed by atoms with Crippen molar-refractivity contribution in [3.8, 4) is 0 Å². The average Bonchev–Trinajstić information content (AvgIpc) is 2.43. The Labute approximate surface area is 127 Å². The molecule has 4 nitrogen and oxygen atoms in total. The topological polar surface area (TPSA) is 49.4 Å². The van der Waals surface area contributed by atoms with Gasteiger partial charge in [0.1, 0.15) is 5.82 Å². The summed E-state index contributed by atoms with van der Waals surface area (Å²) < 4.78 is 39.9. The van der Waals surface area contributed by atoms with E-state index in [2.05, 4.69) is 5.32 Å². The van der Waals surface area contributed by atoms with E-state index >= 15 is 0 Å². The van der Waals surface area contributed by atoms with Gasteiger partial charge in [-0.15, -0.1) is 0 Å². The molecule has 0 heterocycles. The molecule has 1 rings (SSSR count). The van der Waals surface area contributed by atoms with Crippen LogP contribution in [0.2, 0.25) is 0 Å². The summed E-state index contributed by atoms with van der Waals surface area (Å²) in [5.74, 6) is 0.0416. The molecule has 0 spiro atoms. The van der Waals surface area contributed by atoms with Gasteiger partial charge in [0.05, 0.1) is 4.90 Å². The van der Waals surface area contributed by atoms with E-state index in [1.165, 1.54) is 22.5 Å². The van der Waals surface area contributed by atoms with Crippen molar-refractivity contribution in [1.82, 2.24) is 9.62 Å². The SMILES string of the molecule is CCNCc1cc(S(=O)(=O)N(C)CCC(C)C)ccc1F. The Morgan fingerprint density at radius 3 is 2.57 bits per heavy atom. The second-order valence-electron chi connectivity index (χ2n) is 5.54. The fraction of sp³-hybridized carbons (Fsp3) is 0.600. The molecule has 0 bridgehead atoms. The van der Waals surface area contributed by atoms with E-state index in [0.717, 1.165) is 6.42 Å². The lowest BCUT2D eigenvalue weighted by Gasteiger charge is -2.19. The first-order chi connectivity index (χ1) is 9.78. The van der Waals surface area contributed by atoms with Crippen LogP contribution in [0.1, 0.15) is 32.8 Å². The summed E-state index contributed by atoms with van der Waals surface area (Å²) in [5.41, 5.74) is 0.371. The van der Waals surface area contributed by atoms with Crippen LogP contribution in [0.4, 0.5) is 4.39 Å². The van der Waals surface area contributed by atoms with Crippen molar-refractivity contribution in [3.63, 3.8) is 0 Å². The molecule has 0 saturated carbocycles. The molecule has 0 aliphatic rings. The van der Waals surface area contributed by atoms with Gasteiger partial charge < -0.3 is 5.32 Å². The van der Waals surface area contributed by atoms with Crippen LogP contribution in [-0.4, -0.2) is 32.9 Å². The second kappa shape index (κ2) is 7.87. The lowest BCUT2D eigenvalue weighted by molar-refractivity contribution is 0.428. The Balaban J connectivity index is 2.97. The fourth-order valence-corrected chi connectivity index (χ4v) is 3.08. The molecule has 6 heteroatoms. The van der Waals surface area contributed by atoms with E-state index in [0.29, 0.717) is 31.1 Å². The van der Waals surface area contributed by atoms with Gasteiger partial charge in [-0.1, -0.05) is 20.8 Å². The number of benzene rings is 1. The molecular weight excluding hydrogens is 291 g/mol. The number of nitrogens with one attached hydrogen (secondary N) is 1. The minimum absolute atomic E-state index is 0.142. The van der Waals surface area contributed by atoms with Gasteiger partial charge in [0.2, 0.25) is 10.0 Å². The zero-order chi connectivity index (χ0) is 16.0. The minimum Gasteiger partial charge on any atom is -0.313 e. The van der Waals surface area contributed by atoms with E-state index in [1.807, 2.05) is 20.8 Å². The molecule has 0 amide bonds. The van der Waals surface area contributed by atoms with E-state index in [-0.39, 0.29) is 10.7 Å². The van der Waals surface area contributed by atoms with Crippen LogP contribution in [0.3, 0.4) is 0 Å². The highest BCUT2D eigenvalue weighted by atomic mass is 32.2. The van der Waals surface area contributed by atoms with Crippen LogP contribution >= 0.6 is 0 Å². The summed E-state index contributed by atoms with van der Waals surface area (Å²) >= 11 is 0. The van der Waals surface area contributed by atoms with Crippen LogP contribution in [0.15, 0.2) is 23.1 Å². The van der Waals surface area contributed by atoms with Crippen molar-refractivity contribution in [3.05, 3.63) is 29.6 Å². The summed E-state index contributed by atoms with van der Waals surface area (Å²) in [4.78, 5) is 0.142. The third-order valence-electron chi connectivity index (χ3n) is 3.31. The number of nitrogens with zero attached hydrogens (tertiary/aromatic N) is 1. The van der Waals surface area contributed by atoms with Crippen molar-refractivity contribution in [1.29, 1.82) is 0 Å². The quantitative estimate of drug-likeness (QED) is 0.802. The zero-order valence-electron chi connectivity index (χ0n) is 13.2. The first-order valence-corrected chi connectivity index (χ1v) is 8.68. The highest BCUT2D eigenvalue weighted by Crippen LogP contribution is 2.19. The molecule has 0 unspecified atom stereocenters. The Morgan fingerprint density at radius 1 is 1.33 bits per heavy atom. The predicted molar refractivity (Wildman–Crippen MR) is 83.1 cm³/mol. The third-order valence-corrected chi connectivity index (χ3v) is 5.17. The fourth-order valence-electron chi connectivity index (χ4n) is 1.85. The number of rotatable bonds is 8. The number of sulfonamides is 1. The molecule has 0 atom stereocenters. The maximum Gasteiger partial charge on any atom is 0.242 e. The molecule has 0 aliphatic carbocycles. The standard InChI is InChI=1S/C15H25FN2O2S/c1-5-17-11-13-10-14(6-7-15(13)16)21(19,20)18(4)9-8-12(2)3/h6-7,10,12,17H,5,8-9,11H2,1-4H3. The Morgan fingerprint density at radius 2 is 2.00 bits per heavy atom. The summed E-state index contributed by atoms with van der Waals surface area (Å²) in [6.45, 7) is 7.49. The maximum absolute atomic E-state index is 13.7. The first kappa shape index (κ1) is 18.1. The lowest BCUT2D eigenvalue weighted by Crippen LogP contribution is -2.29. The minimum atomic E-state index is -3.56. The van der Waals surface area contributed by atoms with Gasteiger partial charge in [0, 0.05) is 25.7 Å². The molecule has 0 aromatic heterocycles. The zero-order valence-corrected chi connectivity index (χ0v) is 14.0. The van der Waals surface area contributed by atoms with Crippen molar-refractivity contribution >= 4 is 10.0 Å². The van der Waals surface area contributed by atoms with Gasteiger partial charge in [0.15, 0.2) is 0 Å². The smallest absolute Gasteiger partial charge is 0.242 e. The van der Waals surface area contributed by atoms with Crippen molar-refractivity contribution < 1.29 is 12.8 Å². The molecule has 0 aliphatic heterocycles. The molecular formula is C15H25FN2O2S. The van der Waals surface area contributed by atoms with E-state index in [4.69, 9.17) is 0 Å². The normalized spacial score (nSPS) is 12.3. The number of halogens is 1. The van der Waals surface area contributed by atoms with Gasteiger partial charge in [-0.2, -0.15) is 0 Å². The summed E-state index contributed by atoms with van der Waals surface area (Å²) in [7, 11) is -2.00. The van der Waals surface area contributed by atoms with Crippen LogP contribution in [0.25, 0.3) is 0 Å². The molecule has 0 radical (unpaired) electrons. The van der Waals surface area contributed by atoms with Gasteiger partial charge in [-0.05, 0) is 37.1 Å². The summed E-state index contributed by atoms with van der Waals surface area (Å²) in [5, 5.41) is 3.00. The van der Waals surface area contributed by atoms with E-state index in [1.54, 1.807) is 7.05 Å². The largest absolute Gasteiger partial charge is 0.313 e. The molecule has 1 aromatic carbocycles. The number of hydrogen-bond acceptors (Lipinski definition) is 3. The van der Waals surface area contributed by atoms with Gasteiger partial charge >= 0.3 is 0 Å². The summed E-state index contributed by atoms with van der Waals surface area (Å²) in [6.07, 6.45) is 0.793. The Hall–Kier alpha value is -0.980. The van der Waals surface area contributed by atoms with E-state index in [9.17, 15) is 12.8 Å². The predicted octanol–water partition coefficient (Wildman–Crippen LogP) is 2.60. The van der Waals surface area contributed by atoms with Crippen molar-refractivity contribution in [2.45, 2.75) is 38.6 Å². The highest BCUT2D eigenvalue weighted by molar-refractivity contribution is 7.89. The van der Waals surface area contributed by atoms with Crippen molar-refractivity contribution in [2.24, 2.45) is 5.92 Å². The molecule has 0 saturated heterocycles. The Bertz CT molecular complexity index is 559. The third kappa shape index (κ3) is 5.05. The summed E-state index contributed by atoms with van der Waals surface area (Å²) in [6, 6.07) is 3.96. The maximum atomic E-state index is 13.7. The lowest BCUT2D eigenvalue weighted by atomic mass is 10.1. The molecule has 1 N–H and O–H groups in total. The van der Waals surface area contributed by atoms with Crippen LogP contribution in [-0.2, 0) is 16.6 Å². The monoisotopic (exact) mass is 316 g/mol. The van der Waals surface area contributed by atoms with Gasteiger partial charge in [0.25, 0.3) is 0 Å². The first-order valence-electron chi connectivity index (χ1n) is 7.24. The molecule has 21 heavy (non-hydrogen) atoms. The molecule has 0 fully saturated rings. The van der Waals surface area contributed by atoms with Crippen LogP contribution in [0.5, 0.6) is 0 Å². The van der Waals surface area contributed by atoms with Crippen LogP contribution in [0, 0.1) is 11.7 Å². The second-order valence-corrected chi connectivity index (χ2v) is 7.59. The average molecular weight is 316 g/mol. The van der Waals surface area contributed by atoms with E-state index < -0.39 is 10.0 Å². The van der Waals surface area contributed by atoms with Gasteiger partial charge in [-0.25, -0.2) is 17.1 Å². The van der Waals surface area contributed by atoms with Crippen molar-refractivity contribution in [2.75, 3.05) is 20.1 Å². The molecule has 120 valence electrons.